The molecule has 0 aliphatic carbocycles. The van der Waals surface area contributed by atoms with Gasteiger partial charge in [0.2, 0.25) is 0 Å². The summed E-state index contributed by atoms with van der Waals surface area (Å²) in [6.45, 7) is 1.68. The fourth-order valence-corrected chi connectivity index (χ4v) is 1.46. The highest BCUT2D eigenvalue weighted by molar-refractivity contribution is 5.94. The van der Waals surface area contributed by atoms with Crippen molar-refractivity contribution in [1.82, 2.24) is 5.32 Å². The number of primary amides is 1. The van der Waals surface area contributed by atoms with E-state index in [1.165, 1.54) is 0 Å². The molecule has 1 atom stereocenters. The number of nitrogens with two attached hydrogens (primary N) is 2. The fourth-order valence-electron chi connectivity index (χ4n) is 1.46. The summed E-state index contributed by atoms with van der Waals surface area (Å²) < 4.78 is 5.32. The van der Waals surface area contributed by atoms with Crippen LogP contribution in [0.1, 0.15) is 24.9 Å². The Morgan fingerprint density at radius 3 is 2.67 bits per heavy atom. The molecule has 0 radical (unpaired) electrons. The third-order valence-corrected chi connectivity index (χ3v) is 2.38. The maximum absolute atomic E-state index is 11.2. The van der Waals surface area contributed by atoms with Gasteiger partial charge in [0.15, 0.2) is 6.61 Å². The van der Waals surface area contributed by atoms with Crippen LogP contribution in [-0.2, 0) is 4.79 Å². The van der Waals surface area contributed by atoms with E-state index >= 15 is 0 Å². The van der Waals surface area contributed by atoms with Crippen molar-refractivity contribution in [1.29, 1.82) is 0 Å². The molecule has 6 nitrogen and oxygen atoms in total. The molecule has 0 heterocycles. The minimum atomic E-state index is -0.901. The molecule has 1 aromatic carbocycles. The standard InChI is InChI=1S/C12H17N3O3/c1-2-9(13)8-5-3-4-6-10(8)18-7-11(16)15-12(14)17/h3-6,9H,2,7,13H2,1H3,(H3,14,15,16,17)/t9-/m1/s1. The van der Waals surface area contributed by atoms with Crippen LogP contribution in [-0.4, -0.2) is 18.5 Å². The van der Waals surface area contributed by atoms with Crippen molar-refractivity contribution >= 4 is 11.9 Å². The number of carbonyl (C=O) groups is 2. The Morgan fingerprint density at radius 1 is 1.39 bits per heavy atom. The van der Waals surface area contributed by atoms with Crippen LogP contribution in [0.25, 0.3) is 0 Å². The number of carbonyl (C=O) groups excluding carboxylic acids is 2. The van der Waals surface area contributed by atoms with E-state index in [1.807, 2.05) is 24.4 Å². The van der Waals surface area contributed by atoms with Crippen molar-refractivity contribution in [3.63, 3.8) is 0 Å². The van der Waals surface area contributed by atoms with Crippen LogP contribution in [0.4, 0.5) is 4.79 Å². The van der Waals surface area contributed by atoms with Gasteiger partial charge in [-0.15, -0.1) is 0 Å². The highest BCUT2D eigenvalue weighted by Crippen LogP contribution is 2.25. The second kappa shape index (κ2) is 6.61. The molecule has 98 valence electrons. The zero-order valence-corrected chi connectivity index (χ0v) is 10.2. The van der Waals surface area contributed by atoms with Crippen LogP contribution in [0.2, 0.25) is 0 Å². The first kappa shape index (κ1) is 14.0. The summed E-state index contributed by atoms with van der Waals surface area (Å²) in [5.74, 6) is -0.0613. The van der Waals surface area contributed by atoms with Crippen LogP contribution in [0.3, 0.4) is 0 Å². The first-order valence-electron chi connectivity index (χ1n) is 5.61. The summed E-state index contributed by atoms with van der Waals surface area (Å²) in [6.07, 6.45) is 0.758. The van der Waals surface area contributed by atoms with E-state index in [4.69, 9.17) is 16.2 Å². The number of para-hydroxylation sites is 1. The topological polar surface area (TPSA) is 107 Å². The van der Waals surface area contributed by atoms with E-state index in [9.17, 15) is 9.59 Å². The van der Waals surface area contributed by atoms with Crippen LogP contribution in [0.5, 0.6) is 5.75 Å². The van der Waals surface area contributed by atoms with Gasteiger partial charge in [-0.1, -0.05) is 25.1 Å². The quantitative estimate of drug-likeness (QED) is 0.714. The van der Waals surface area contributed by atoms with Gasteiger partial charge in [0.25, 0.3) is 5.91 Å². The Bertz CT molecular complexity index is 434. The Labute approximate surface area is 105 Å². The molecule has 3 amide bonds. The molecule has 0 saturated carbocycles. The minimum absolute atomic E-state index is 0.152. The SMILES string of the molecule is CC[C@@H](N)c1ccccc1OCC(=O)NC(N)=O. The van der Waals surface area contributed by atoms with Gasteiger partial charge < -0.3 is 16.2 Å². The lowest BCUT2D eigenvalue weighted by atomic mass is 10.0. The number of benzene rings is 1. The number of hydrogen-bond donors (Lipinski definition) is 3. The summed E-state index contributed by atoms with van der Waals surface area (Å²) in [7, 11) is 0. The average Bonchev–Trinajstić information content (AvgIpc) is 2.35. The van der Waals surface area contributed by atoms with Gasteiger partial charge in [-0.2, -0.15) is 0 Å². The van der Waals surface area contributed by atoms with Crippen molar-refractivity contribution in [3.8, 4) is 5.75 Å². The van der Waals surface area contributed by atoms with Crippen LogP contribution < -0.4 is 21.5 Å². The van der Waals surface area contributed by atoms with Crippen molar-refractivity contribution in [2.45, 2.75) is 19.4 Å². The van der Waals surface area contributed by atoms with E-state index in [-0.39, 0.29) is 12.6 Å². The normalized spacial score (nSPS) is 11.7. The van der Waals surface area contributed by atoms with Gasteiger partial charge in [0.1, 0.15) is 5.75 Å². The number of urea groups is 1. The third kappa shape index (κ3) is 4.06. The molecule has 6 heteroatoms. The van der Waals surface area contributed by atoms with E-state index < -0.39 is 11.9 Å². The molecule has 0 fully saturated rings. The molecule has 0 aliphatic heterocycles. The third-order valence-electron chi connectivity index (χ3n) is 2.38. The number of amides is 3. The number of ether oxygens (including phenoxy) is 1. The van der Waals surface area contributed by atoms with Crippen LogP contribution in [0.15, 0.2) is 24.3 Å². The number of hydrogen-bond acceptors (Lipinski definition) is 4. The lowest BCUT2D eigenvalue weighted by Crippen LogP contribution is -2.38. The van der Waals surface area contributed by atoms with Gasteiger partial charge in [-0.3, -0.25) is 10.1 Å². The highest BCUT2D eigenvalue weighted by atomic mass is 16.5. The summed E-state index contributed by atoms with van der Waals surface area (Å²) in [4.78, 5) is 21.7. The Hall–Kier alpha value is -2.08. The molecule has 18 heavy (non-hydrogen) atoms. The summed E-state index contributed by atoms with van der Waals surface area (Å²) in [5, 5.41) is 1.92. The predicted molar refractivity (Wildman–Crippen MR) is 66.9 cm³/mol. The number of imide groups is 1. The van der Waals surface area contributed by atoms with Gasteiger partial charge in [0.05, 0.1) is 0 Å². The summed E-state index contributed by atoms with van der Waals surface area (Å²) in [5.41, 5.74) is 11.6. The molecule has 0 spiro atoms. The van der Waals surface area contributed by atoms with Gasteiger partial charge >= 0.3 is 6.03 Å². The van der Waals surface area contributed by atoms with E-state index in [2.05, 4.69) is 0 Å². The maximum atomic E-state index is 11.2. The largest absolute Gasteiger partial charge is 0.483 e. The first-order valence-corrected chi connectivity index (χ1v) is 5.61. The van der Waals surface area contributed by atoms with E-state index in [0.717, 1.165) is 12.0 Å². The van der Waals surface area contributed by atoms with Gasteiger partial charge in [0, 0.05) is 11.6 Å². The second-order valence-corrected chi connectivity index (χ2v) is 3.75. The smallest absolute Gasteiger partial charge is 0.318 e. The number of rotatable bonds is 5. The fraction of sp³-hybridized carbons (Fsp3) is 0.333. The minimum Gasteiger partial charge on any atom is -0.483 e. The molecular weight excluding hydrogens is 234 g/mol. The molecule has 5 N–H and O–H groups in total. The molecule has 0 aliphatic rings. The Morgan fingerprint density at radius 2 is 2.06 bits per heavy atom. The maximum Gasteiger partial charge on any atom is 0.318 e. The molecule has 1 rings (SSSR count). The first-order chi connectivity index (χ1) is 8.54. The Balaban J connectivity index is 2.67. The summed E-state index contributed by atoms with van der Waals surface area (Å²) in [6, 6.07) is 6.15. The van der Waals surface area contributed by atoms with Gasteiger partial charge in [-0.05, 0) is 12.5 Å². The zero-order chi connectivity index (χ0) is 13.5. The lowest BCUT2D eigenvalue weighted by Gasteiger charge is -2.15. The highest BCUT2D eigenvalue weighted by Gasteiger charge is 2.11. The van der Waals surface area contributed by atoms with Crippen molar-refractivity contribution < 1.29 is 14.3 Å². The molecule has 0 saturated heterocycles. The molecular formula is C12H17N3O3. The molecule has 1 aromatic rings. The molecule has 0 aromatic heterocycles. The number of nitrogens with one attached hydrogen (secondary N) is 1. The predicted octanol–water partition coefficient (Wildman–Crippen LogP) is 0.670. The Kier molecular flexibility index (Phi) is 5.13. The average molecular weight is 251 g/mol. The second-order valence-electron chi connectivity index (χ2n) is 3.75. The van der Waals surface area contributed by atoms with Crippen LogP contribution in [0, 0.1) is 0 Å². The molecule has 0 bridgehead atoms. The van der Waals surface area contributed by atoms with E-state index in [0.29, 0.717) is 5.75 Å². The summed E-state index contributed by atoms with van der Waals surface area (Å²) >= 11 is 0. The molecule has 0 unspecified atom stereocenters. The van der Waals surface area contributed by atoms with Crippen LogP contribution >= 0.6 is 0 Å². The van der Waals surface area contributed by atoms with Gasteiger partial charge in [-0.25, -0.2) is 4.79 Å². The lowest BCUT2D eigenvalue weighted by molar-refractivity contribution is -0.121. The van der Waals surface area contributed by atoms with Crippen molar-refractivity contribution in [3.05, 3.63) is 29.8 Å². The monoisotopic (exact) mass is 251 g/mol. The van der Waals surface area contributed by atoms with E-state index in [1.54, 1.807) is 12.1 Å². The van der Waals surface area contributed by atoms with Crippen molar-refractivity contribution in [2.75, 3.05) is 6.61 Å². The zero-order valence-electron chi connectivity index (χ0n) is 10.2. The van der Waals surface area contributed by atoms with Crippen molar-refractivity contribution in [2.24, 2.45) is 11.5 Å².